The van der Waals surface area contributed by atoms with Gasteiger partial charge in [0.2, 0.25) is 0 Å². The summed E-state index contributed by atoms with van der Waals surface area (Å²) in [7, 11) is 0. The summed E-state index contributed by atoms with van der Waals surface area (Å²) in [6.07, 6.45) is 2.46. The number of aromatic hydroxyl groups is 1. The Morgan fingerprint density at radius 3 is 2.74 bits per heavy atom. The Morgan fingerprint density at radius 1 is 1.04 bits per heavy atom. The van der Waals surface area contributed by atoms with E-state index in [1.165, 1.54) is 11.1 Å². The number of phenolic OH excluding ortho intramolecular Hbond substituents is 1. The SMILES string of the molecule is O=C(c1ccc2cccnc2c1O)N1CCc2ccccc2C1. The van der Waals surface area contributed by atoms with Crippen molar-refractivity contribution in [1.29, 1.82) is 0 Å². The van der Waals surface area contributed by atoms with Crippen LogP contribution in [0.1, 0.15) is 21.5 Å². The number of nitrogens with zero attached hydrogens (tertiary/aromatic N) is 2. The monoisotopic (exact) mass is 304 g/mol. The molecule has 0 saturated heterocycles. The quantitative estimate of drug-likeness (QED) is 0.751. The van der Waals surface area contributed by atoms with Crippen LogP contribution < -0.4 is 0 Å². The molecule has 2 heterocycles. The van der Waals surface area contributed by atoms with Gasteiger partial charge in [0.1, 0.15) is 5.52 Å². The lowest BCUT2D eigenvalue weighted by atomic mass is 9.99. The van der Waals surface area contributed by atoms with Gasteiger partial charge in [0.15, 0.2) is 5.75 Å². The second-order valence-electron chi connectivity index (χ2n) is 5.78. The highest BCUT2D eigenvalue weighted by molar-refractivity contribution is 6.02. The maximum Gasteiger partial charge on any atom is 0.258 e. The predicted octanol–water partition coefficient (Wildman–Crippen LogP) is 3.14. The van der Waals surface area contributed by atoms with Crippen LogP contribution in [0, 0.1) is 0 Å². The number of aromatic nitrogens is 1. The first kappa shape index (κ1) is 13.8. The molecule has 4 rings (SSSR count). The zero-order valence-corrected chi connectivity index (χ0v) is 12.6. The van der Waals surface area contributed by atoms with Gasteiger partial charge in [-0.1, -0.05) is 36.4 Å². The van der Waals surface area contributed by atoms with Crippen molar-refractivity contribution < 1.29 is 9.90 Å². The number of benzene rings is 2. The number of carbonyl (C=O) groups is 1. The van der Waals surface area contributed by atoms with E-state index in [0.29, 0.717) is 24.2 Å². The highest BCUT2D eigenvalue weighted by Crippen LogP contribution is 2.29. The third kappa shape index (κ3) is 2.32. The van der Waals surface area contributed by atoms with Crippen molar-refractivity contribution in [2.75, 3.05) is 6.54 Å². The highest BCUT2D eigenvalue weighted by Gasteiger charge is 2.24. The van der Waals surface area contributed by atoms with Gasteiger partial charge in [0, 0.05) is 24.7 Å². The fourth-order valence-electron chi connectivity index (χ4n) is 3.14. The van der Waals surface area contributed by atoms with Crippen LogP contribution in [0.15, 0.2) is 54.7 Å². The minimum absolute atomic E-state index is 0.0352. The van der Waals surface area contributed by atoms with E-state index in [9.17, 15) is 9.90 Å². The van der Waals surface area contributed by atoms with Crippen molar-refractivity contribution in [1.82, 2.24) is 9.88 Å². The summed E-state index contributed by atoms with van der Waals surface area (Å²) in [4.78, 5) is 18.8. The van der Waals surface area contributed by atoms with Gasteiger partial charge < -0.3 is 10.0 Å². The van der Waals surface area contributed by atoms with Gasteiger partial charge in [-0.2, -0.15) is 0 Å². The molecular weight excluding hydrogens is 288 g/mol. The molecule has 0 radical (unpaired) electrons. The number of rotatable bonds is 1. The molecule has 23 heavy (non-hydrogen) atoms. The molecule has 114 valence electrons. The standard InChI is InChI=1S/C19H16N2O2/c22-18-16(8-7-14-6-3-10-20-17(14)18)19(23)21-11-9-13-4-1-2-5-15(13)12-21/h1-8,10,22H,9,11-12H2. The number of hydrogen-bond donors (Lipinski definition) is 1. The molecule has 3 aromatic rings. The van der Waals surface area contributed by atoms with Crippen molar-refractivity contribution in [2.45, 2.75) is 13.0 Å². The molecular formula is C19H16N2O2. The summed E-state index contributed by atoms with van der Waals surface area (Å²) in [5.41, 5.74) is 3.25. The summed E-state index contributed by atoms with van der Waals surface area (Å²) in [5.74, 6) is -0.184. The van der Waals surface area contributed by atoms with Gasteiger partial charge >= 0.3 is 0 Å². The van der Waals surface area contributed by atoms with Gasteiger partial charge in [-0.15, -0.1) is 0 Å². The average molecular weight is 304 g/mol. The molecule has 0 unspecified atom stereocenters. The maximum atomic E-state index is 12.8. The summed E-state index contributed by atoms with van der Waals surface area (Å²) >= 11 is 0. The van der Waals surface area contributed by atoms with E-state index in [4.69, 9.17) is 0 Å². The number of phenols is 1. The van der Waals surface area contributed by atoms with Crippen molar-refractivity contribution >= 4 is 16.8 Å². The van der Waals surface area contributed by atoms with Crippen LogP contribution in [-0.4, -0.2) is 27.4 Å². The summed E-state index contributed by atoms with van der Waals surface area (Å²) in [6.45, 7) is 1.24. The largest absolute Gasteiger partial charge is 0.505 e. The zero-order valence-electron chi connectivity index (χ0n) is 12.6. The third-order valence-electron chi connectivity index (χ3n) is 4.40. The Labute approximate surface area is 134 Å². The van der Waals surface area contributed by atoms with Crippen molar-refractivity contribution in [3.8, 4) is 5.75 Å². The molecule has 4 nitrogen and oxygen atoms in total. The number of amides is 1. The Hall–Kier alpha value is -2.88. The smallest absolute Gasteiger partial charge is 0.258 e. The van der Waals surface area contributed by atoms with E-state index in [1.807, 2.05) is 30.3 Å². The Kier molecular flexibility index (Phi) is 3.23. The van der Waals surface area contributed by atoms with E-state index in [-0.39, 0.29) is 11.7 Å². The van der Waals surface area contributed by atoms with E-state index in [1.54, 1.807) is 17.2 Å². The molecule has 0 fully saturated rings. The van der Waals surface area contributed by atoms with E-state index in [2.05, 4.69) is 17.1 Å². The van der Waals surface area contributed by atoms with Crippen molar-refractivity contribution in [3.05, 3.63) is 71.4 Å². The normalized spacial score (nSPS) is 13.8. The lowest BCUT2D eigenvalue weighted by Crippen LogP contribution is -2.35. The van der Waals surface area contributed by atoms with Crippen LogP contribution in [-0.2, 0) is 13.0 Å². The Balaban J connectivity index is 1.69. The first-order chi connectivity index (χ1) is 11.2. The Bertz CT molecular complexity index is 905. The summed E-state index contributed by atoms with van der Waals surface area (Å²) in [5, 5.41) is 11.3. The first-order valence-corrected chi connectivity index (χ1v) is 7.67. The molecule has 4 heteroatoms. The van der Waals surface area contributed by atoms with Crippen LogP contribution in [0.25, 0.3) is 10.9 Å². The van der Waals surface area contributed by atoms with Crippen molar-refractivity contribution in [3.63, 3.8) is 0 Å². The van der Waals surface area contributed by atoms with Gasteiger partial charge in [-0.25, -0.2) is 0 Å². The molecule has 1 aromatic heterocycles. The number of fused-ring (bicyclic) bond motifs is 2. The topological polar surface area (TPSA) is 53.4 Å². The zero-order chi connectivity index (χ0) is 15.8. The molecule has 2 aromatic carbocycles. The second-order valence-corrected chi connectivity index (χ2v) is 5.78. The van der Waals surface area contributed by atoms with Crippen LogP contribution in [0.3, 0.4) is 0 Å². The van der Waals surface area contributed by atoms with Crippen LogP contribution >= 0.6 is 0 Å². The molecule has 1 N–H and O–H groups in total. The average Bonchev–Trinajstić information content (AvgIpc) is 2.61. The molecule has 1 amide bonds. The number of carbonyl (C=O) groups excluding carboxylic acids is 1. The number of hydrogen-bond acceptors (Lipinski definition) is 3. The molecule has 0 atom stereocenters. The summed E-state index contributed by atoms with van der Waals surface area (Å²) in [6, 6.07) is 15.4. The van der Waals surface area contributed by atoms with Crippen LogP contribution in [0.5, 0.6) is 5.75 Å². The lowest BCUT2D eigenvalue weighted by Gasteiger charge is -2.29. The lowest BCUT2D eigenvalue weighted by molar-refractivity contribution is 0.0732. The molecule has 0 bridgehead atoms. The molecule has 0 spiro atoms. The van der Waals surface area contributed by atoms with Gasteiger partial charge in [-0.3, -0.25) is 9.78 Å². The van der Waals surface area contributed by atoms with E-state index in [0.717, 1.165) is 11.8 Å². The van der Waals surface area contributed by atoms with E-state index < -0.39 is 0 Å². The molecule has 1 aliphatic rings. The minimum atomic E-state index is -0.149. The maximum absolute atomic E-state index is 12.8. The predicted molar refractivity (Wildman–Crippen MR) is 88.3 cm³/mol. The highest BCUT2D eigenvalue weighted by atomic mass is 16.3. The summed E-state index contributed by atoms with van der Waals surface area (Å²) < 4.78 is 0. The fraction of sp³-hybridized carbons (Fsp3) is 0.158. The van der Waals surface area contributed by atoms with Crippen LogP contribution in [0.2, 0.25) is 0 Å². The minimum Gasteiger partial charge on any atom is -0.505 e. The molecule has 0 saturated carbocycles. The Morgan fingerprint density at radius 2 is 1.87 bits per heavy atom. The van der Waals surface area contributed by atoms with E-state index >= 15 is 0 Å². The van der Waals surface area contributed by atoms with Gasteiger partial charge in [0.25, 0.3) is 5.91 Å². The fourth-order valence-corrected chi connectivity index (χ4v) is 3.14. The first-order valence-electron chi connectivity index (χ1n) is 7.67. The number of pyridine rings is 1. The van der Waals surface area contributed by atoms with Gasteiger partial charge in [-0.05, 0) is 29.7 Å². The van der Waals surface area contributed by atoms with Crippen LogP contribution in [0.4, 0.5) is 0 Å². The van der Waals surface area contributed by atoms with Gasteiger partial charge in [0.05, 0.1) is 5.56 Å². The second kappa shape index (κ2) is 5.39. The third-order valence-corrected chi connectivity index (χ3v) is 4.40. The molecule has 0 aliphatic carbocycles. The van der Waals surface area contributed by atoms with Crippen molar-refractivity contribution in [2.24, 2.45) is 0 Å². The molecule has 1 aliphatic heterocycles.